The summed E-state index contributed by atoms with van der Waals surface area (Å²) < 4.78 is 0. The molecule has 1 aromatic carbocycles. The fraction of sp³-hybridized carbons (Fsp3) is 0.458. The number of benzene rings is 1. The second-order valence-electron chi connectivity index (χ2n) is 8.47. The molecule has 0 aliphatic carbocycles. The van der Waals surface area contributed by atoms with E-state index < -0.39 is 0 Å². The van der Waals surface area contributed by atoms with Crippen molar-refractivity contribution in [2.45, 2.75) is 39.5 Å². The van der Waals surface area contributed by atoms with E-state index in [-0.39, 0.29) is 11.5 Å². The van der Waals surface area contributed by atoms with Gasteiger partial charge in [0.25, 0.3) is 5.56 Å². The normalized spacial score (nSPS) is 16.8. The fourth-order valence-corrected chi connectivity index (χ4v) is 5.26. The van der Waals surface area contributed by atoms with E-state index in [1.807, 2.05) is 19.9 Å². The molecule has 1 unspecified atom stereocenters. The monoisotopic (exact) mass is 438 g/mol. The first kappa shape index (κ1) is 21.7. The van der Waals surface area contributed by atoms with Crippen LogP contribution in [-0.2, 0) is 17.6 Å². The van der Waals surface area contributed by atoms with Crippen molar-refractivity contribution < 1.29 is 4.79 Å². The van der Waals surface area contributed by atoms with Crippen molar-refractivity contribution in [2.75, 3.05) is 26.2 Å². The molecule has 1 amide bonds. The quantitative estimate of drug-likeness (QED) is 0.566. The minimum absolute atomic E-state index is 0.0176. The predicted octanol–water partition coefficient (Wildman–Crippen LogP) is 3.21. The molecule has 1 saturated heterocycles. The molecule has 4 rings (SSSR count). The second kappa shape index (κ2) is 9.75. The number of hydrogen-bond acceptors (Lipinski definition) is 5. The van der Waals surface area contributed by atoms with E-state index in [2.05, 4.69) is 44.5 Å². The number of H-pyrrole nitrogens is 1. The van der Waals surface area contributed by atoms with E-state index in [1.54, 1.807) is 0 Å². The largest absolute Gasteiger partial charge is 0.356 e. The SMILES string of the molecule is Cc1sc2nc(CCC(=O)NCC3CCN(CCc4ccccc4)C3)[nH]c(=O)c2c1C. The number of hydrogen-bond donors (Lipinski definition) is 2. The lowest BCUT2D eigenvalue weighted by Gasteiger charge is -2.16. The summed E-state index contributed by atoms with van der Waals surface area (Å²) in [5.41, 5.74) is 2.26. The highest BCUT2D eigenvalue weighted by Gasteiger charge is 2.22. The number of carbonyl (C=O) groups is 1. The van der Waals surface area contributed by atoms with Crippen LogP contribution < -0.4 is 10.9 Å². The van der Waals surface area contributed by atoms with Gasteiger partial charge in [-0.05, 0) is 50.3 Å². The summed E-state index contributed by atoms with van der Waals surface area (Å²) in [4.78, 5) is 36.4. The molecule has 0 radical (unpaired) electrons. The van der Waals surface area contributed by atoms with Gasteiger partial charge in [-0.1, -0.05) is 30.3 Å². The van der Waals surface area contributed by atoms with Crippen molar-refractivity contribution in [3.05, 3.63) is 62.5 Å². The van der Waals surface area contributed by atoms with Gasteiger partial charge in [-0.25, -0.2) is 4.98 Å². The van der Waals surface area contributed by atoms with Crippen molar-refractivity contribution in [3.8, 4) is 0 Å². The van der Waals surface area contributed by atoms with Gasteiger partial charge in [-0.3, -0.25) is 9.59 Å². The zero-order chi connectivity index (χ0) is 21.8. The van der Waals surface area contributed by atoms with Crippen LogP contribution in [0.25, 0.3) is 10.2 Å². The molecule has 2 N–H and O–H groups in total. The maximum Gasteiger partial charge on any atom is 0.259 e. The van der Waals surface area contributed by atoms with Crippen molar-refractivity contribution in [3.63, 3.8) is 0 Å². The summed E-state index contributed by atoms with van der Waals surface area (Å²) in [6.45, 7) is 7.86. The first-order valence-corrected chi connectivity index (χ1v) is 11.8. The second-order valence-corrected chi connectivity index (χ2v) is 9.67. The van der Waals surface area contributed by atoms with Crippen molar-refractivity contribution >= 4 is 27.5 Å². The number of aromatic amines is 1. The summed E-state index contributed by atoms with van der Waals surface area (Å²) in [7, 11) is 0. The highest BCUT2D eigenvalue weighted by molar-refractivity contribution is 7.18. The van der Waals surface area contributed by atoms with Crippen LogP contribution in [0.4, 0.5) is 0 Å². The van der Waals surface area contributed by atoms with Crippen LogP contribution in [0, 0.1) is 19.8 Å². The number of aryl methyl sites for hydroxylation is 3. The molecule has 31 heavy (non-hydrogen) atoms. The molecule has 1 atom stereocenters. The van der Waals surface area contributed by atoms with Gasteiger partial charge in [0.1, 0.15) is 10.7 Å². The van der Waals surface area contributed by atoms with Crippen LogP contribution in [0.1, 0.15) is 34.7 Å². The molecule has 2 aromatic heterocycles. The van der Waals surface area contributed by atoms with E-state index in [0.29, 0.717) is 36.5 Å². The van der Waals surface area contributed by atoms with Gasteiger partial charge in [0.05, 0.1) is 5.39 Å². The van der Waals surface area contributed by atoms with E-state index in [9.17, 15) is 9.59 Å². The minimum Gasteiger partial charge on any atom is -0.356 e. The fourth-order valence-electron chi connectivity index (χ4n) is 4.21. The van der Waals surface area contributed by atoms with E-state index >= 15 is 0 Å². The Hall–Kier alpha value is -2.51. The highest BCUT2D eigenvalue weighted by atomic mass is 32.1. The van der Waals surface area contributed by atoms with Gasteiger partial charge in [0.2, 0.25) is 5.91 Å². The Kier molecular flexibility index (Phi) is 6.83. The molecule has 0 spiro atoms. The molecule has 1 aliphatic rings. The number of fused-ring (bicyclic) bond motifs is 1. The molecule has 164 valence electrons. The van der Waals surface area contributed by atoms with Crippen molar-refractivity contribution in [1.29, 1.82) is 0 Å². The first-order chi connectivity index (χ1) is 15.0. The smallest absolute Gasteiger partial charge is 0.259 e. The standard InChI is InChI=1S/C24H30N4O2S/c1-16-17(2)31-24-22(16)23(30)26-20(27-24)8-9-21(29)25-14-19-11-13-28(15-19)12-10-18-6-4-3-5-7-18/h3-7,19H,8-15H2,1-2H3,(H,25,29)(H,26,27,30). The molecule has 3 heterocycles. The molecule has 3 aromatic rings. The van der Waals surface area contributed by atoms with Gasteiger partial charge < -0.3 is 15.2 Å². The van der Waals surface area contributed by atoms with Gasteiger partial charge in [-0.15, -0.1) is 11.3 Å². The van der Waals surface area contributed by atoms with Gasteiger partial charge in [-0.2, -0.15) is 0 Å². The molecule has 1 fully saturated rings. The Morgan fingerprint density at radius 3 is 2.87 bits per heavy atom. The number of likely N-dealkylation sites (tertiary alicyclic amines) is 1. The molecular weight excluding hydrogens is 408 g/mol. The third kappa shape index (κ3) is 5.40. The summed E-state index contributed by atoms with van der Waals surface area (Å²) in [6.07, 6.45) is 2.97. The third-order valence-corrected chi connectivity index (χ3v) is 7.30. The van der Waals surface area contributed by atoms with E-state index in [0.717, 1.165) is 47.7 Å². The molecule has 0 saturated carbocycles. The number of nitrogens with zero attached hydrogens (tertiary/aromatic N) is 2. The Labute approximate surface area is 186 Å². The molecule has 7 heteroatoms. The Morgan fingerprint density at radius 2 is 2.06 bits per heavy atom. The average Bonchev–Trinajstić information content (AvgIpc) is 3.34. The maximum atomic E-state index is 12.4. The van der Waals surface area contributed by atoms with Crippen molar-refractivity contribution in [1.82, 2.24) is 20.2 Å². The highest BCUT2D eigenvalue weighted by Crippen LogP contribution is 2.25. The van der Waals surface area contributed by atoms with E-state index in [4.69, 9.17) is 0 Å². The Balaban J connectivity index is 1.20. The van der Waals surface area contributed by atoms with Crippen LogP contribution in [0.15, 0.2) is 35.1 Å². The van der Waals surface area contributed by atoms with Crippen LogP contribution >= 0.6 is 11.3 Å². The number of nitrogens with one attached hydrogen (secondary N) is 2. The third-order valence-electron chi connectivity index (χ3n) is 6.19. The summed E-state index contributed by atoms with van der Waals surface area (Å²) in [5.74, 6) is 1.11. The summed E-state index contributed by atoms with van der Waals surface area (Å²) >= 11 is 1.53. The van der Waals surface area contributed by atoms with Gasteiger partial charge in [0.15, 0.2) is 0 Å². The molecule has 6 nitrogen and oxygen atoms in total. The van der Waals surface area contributed by atoms with Crippen LogP contribution in [0.2, 0.25) is 0 Å². The van der Waals surface area contributed by atoms with Gasteiger partial charge >= 0.3 is 0 Å². The van der Waals surface area contributed by atoms with Crippen molar-refractivity contribution in [2.24, 2.45) is 5.92 Å². The molecule has 0 bridgehead atoms. The average molecular weight is 439 g/mol. The zero-order valence-electron chi connectivity index (χ0n) is 18.2. The lowest BCUT2D eigenvalue weighted by Crippen LogP contribution is -2.31. The lowest BCUT2D eigenvalue weighted by molar-refractivity contribution is -0.121. The number of amides is 1. The predicted molar refractivity (Wildman–Crippen MR) is 126 cm³/mol. The van der Waals surface area contributed by atoms with Crippen LogP contribution in [0.3, 0.4) is 0 Å². The first-order valence-electron chi connectivity index (χ1n) is 11.0. The Bertz CT molecular complexity index is 1110. The molecular formula is C24H30N4O2S. The number of aromatic nitrogens is 2. The van der Waals surface area contributed by atoms with Crippen LogP contribution in [-0.4, -0.2) is 47.0 Å². The van der Waals surface area contributed by atoms with Gasteiger partial charge in [0, 0.05) is 37.4 Å². The number of thiophene rings is 1. The summed E-state index contributed by atoms with van der Waals surface area (Å²) in [5, 5.41) is 3.75. The Morgan fingerprint density at radius 1 is 1.26 bits per heavy atom. The van der Waals surface area contributed by atoms with E-state index in [1.165, 1.54) is 16.9 Å². The summed E-state index contributed by atoms with van der Waals surface area (Å²) in [6, 6.07) is 10.6. The minimum atomic E-state index is -0.108. The number of rotatable bonds is 8. The lowest BCUT2D eigenvalue weighted by atomic mass is 10.1. The zero-order valence-corrected chi connectivity index (χ0v) is 19.1. The number of carbonyl (C=O) groups excluding carboxylic acids is 1. The molecule has 1 aliphatic heterocycles. The topological polar surface area (TPSA) is 78.1 Å². The van der Waals surface area contributed by atoms with Crippen LogP contribution in [0.5, 0.6) is 0 Å². The maximum absolute atomic E-state index is 12.4.